The van der Waals surface area contributed by atoms with E-state index in [0.717, 1.165) is 21.9 Å². The minimum atomic E-state index is -4.71. The van der Waals surface area contributed by atoms with Crippen LogP contribution in [-0.4, -0.2) is 48.9 Å². The van der Waals surface area contributed by atoms with Gasteiger partial charge in [0.1, 0.15) is 12.2 Å². The van der Waals surface area contributed by atoms with Crippen LogP contribution in [0.4, 0.5) is 22.0 Å². The lowest BCUT2D eigenvalue weighted by Crippen LogP contribution is -2.48. The molecule has 1 N–H and O–H groups in total. The number of fused-ring (bicyclic) bond motifs is 2. The van der Waals surface area contributed by atoms with Crippen molar-refractivity contribution < 1.29 is 26.7 Å². The number of pyridine rings is 1. The zero-order chi connectivity index (χ0) is 29.6. The molecule has 0 saturated heterocycles. The van der Waals surface area contributed by atoms with Crippen LogP contribution in [0.5, 0.6) is 0 Å². The number of nitrogens with one attached hydrogen (secondary N) is 1. The van der Waals surface area contributed by atoms with Gasteiger partial charge in [0.2, 0.25) is 0 Å². The number of aryl methyl sites for hydroxylation is 1. The Bertz CT molecular complexity index is 1720. The van der Waals surface area contributed by atoms with Crippen LogP contribution >= 0.6 is 0 Å². The maximum atomic E-state index is 14.2. The Hall–Kier alpha value is -3.58. The Balaban J connectivity index is 1.24. The molecule has 3 fully saturated rings. The lowest BCUT2D eigenvalue weighted by atomic mass is 9.62. The lowest BCUT2D eigenvalue weighted by molar-refractivity contribution is -0.136. The number of rotatable bonds is 7. The Kier molecular flexibility index (Phi) is 5.98. The Morgan fingerprint density at radius 2 is 1.86 bits per heavy atom. The maximum Gasteiger partial charge on any atom is 0.418 e. The van der Waals surface area contributed by atoms with E-state index < -0.39 is 40.6 Å². The van der Waals surface area contributed by atoms with Gasteiger partial charge < -0.3 is 14.6 Å². The lowest BCUT2D eigenvalue weighted by Gasteiger charge is -2.46. The Labute approximate surface area is 237 Å². The van der Waals surface area contributed by atoms with Crippen LogP contribution in [-0.2, 0) is 29.9 Å². The molecule has 8 nitrogen and oxygen atoms in total. The van der Waals surface area contributed by atoms with E-state index in [1.54, 1.807) is 31.6 Å². The molecule has 3 aliphatic rings. The predicted octanol–water partition coefficient (Wildman–Crippen LogP) is 4.47. The van der Waals surface area contributed by atoms with Crippen molar-refractivity contribution in [3.05, 3.63) is 82.1 Å². The zero-order valence-electron chi connectivity index (χ0n) is 22.9. The molecule has 3 heterocycles. The molecule has 0 bridgehead atoms. The number of benzene rings is 1. The molecule has 2 atom stereocenters. The average molecular weight is 589 g/mol. The normalized spacial score (nSPS) is 28.2. The molecule has 13 heteroatoms. The molecule has 7 rings (SSSR count). The first kappa shape index (κ1) is 27.3. The van der Waals surface area contributed by atoms with Gasteiger partial charge in [0.05, 0.1) is 28.3 Å². The van der Waals surface area contributed by atoms with Crippen molar-refractivity contribution in [3.63, 3.8) is 0 Å². The van der Waals surface area contributed by atoms with Crippen molar-refractivity contribution >= 4 is 5.52 Å². The minimum Gasteiger partial charge on any atom is -0.381 e. The zero-order valence-corrected chi connectivity index (χ0v) is 22.9. The highest BCUT2D eigenvalue weighted by molar-refractivity contribution is 5.58. The highest BCUT2D eigenvalue weighted by atomic mass is 19.4. The van der Waals surface area contributed by atoms with Crippen molar-refractivity contribution in [3.8, 4) is 5.69 Å². The number of ether oxygens (including phenoxy) is 1. The van der Waals surface area contributed by atoms with Gasteiger partial charge in [0.15, 0.2) is 0 Å². The summed E-state index contributed by atoms with van der Waals surface area (Å²) in [6.07, 6.45) is 1.37. The second-order valence-electron chi connectivity index (χ2n) is 11.9. The summed E-state index contributed by atoms with van der Waals surface area (Å²) in [5.41, 5.74) is -0.855. The van der Waals surface area contributed by atoms with Gasteiger partial charge >= 0.3 is 11.9 Å². The van der Waals surface area contributed by atoms with Crippen molar-refractivity contribution in [1.29, 1.82) is 0 Å². The predicted molar refractivity (Wildman–Crippen MR) is 142 cm³/mol. The maximum absolute atomic E-state index is 14.2. The van der Waals surface area contributed by atoms with Gasteiger partial charge in [-0.2, -0.15) is 13.2 Å². The molecule has 42 heavy (non-hydrogen) atoms. The van der Waals surface area contributed by atoms with Gasteiger partial charge in [0.25, 0.3) is 5.92 Å². The van der Waals surface area contributed by atoms with E-state index in [0.29, 0.717) is 31.4 Å². The molecule has 3 saturated carbocycles. The van der Waals surface area contributed by atoms with Crippen LogP contribution in [0, 0.1) is 11.8 Å². The summed E-state index contributed by atoms with van der Waals surface area (Å²) in [6.45, 7) is 0.0304. The second kappa shape index (κ2) is 9.21. The number of alkyl halides is 5. The van der Waals surface area contributed by atoms with Gasteiger partial charge in [-0.3, -0.25) is 8.97 Å². The smallest absolute Gasteiger partial charge is 0.381 e. The summed E-state index contributed by atoms with van der Waals surface area (Å²) in [7, 11) is 3.49. The molecule has 3 aliphatic carbocycles. The summed E-state index contributed by atoms with van der Waals surface area (Å²) in [4.78, 5) is 13.6. The van der Waals surface area contributed by atoms with Gasteiger partial charge in [-0.15, -0.1) is 10.2 Å². The van der Waals surface area contributed by atoms with E-state index >= 15 is 0 Å². The van der Waals surface area contributed by atoms with E-state index in [1.165, 1.54) is 17.0 Å². The van der Waals surface area contributed by atoms with Crippen LogP contribution in [0.3, 0.4) is 0 Å². The topological polar surface area (TPSA) is 78.4 Å². The first-order valence-electron chi connectivity index (χ1n) is 13.9. The molecule has 3 aromatic heterocycles. The minimum absolute atomic E-state index is 0.0121. The average Bonchev–Trinajstić information content (AvgIpc) is 3.43. The van der Waals surface area contributed by atoms with E-state index in [1.807, 2.05) is 17.7 Å². The fraction of sp³-hybridized carbons (Fsp3) is 0.483. The fourth-order valence-corrected chi connectivity index (χ4v) is 7.10. The Morgan fingerprint density at radius 1 is 1.12 bits per heavy atom. The van der Waals surface area contributed by atoms with Crippen molar-refractivity contribution in [1.82, 2.24) is 29.0 Å². The number of hydrogen-bond donors (Lipinski definition) is 1. The SMILES string of the molecule is COC1CC(c2cccc(-n3cc4c(C(F)(F)F)cc(CNC5CC6C(C5)C6(F)F)cn4c3=O)c2)(c2nncn2C)C1. The van der Waals surface area contributed by atoms with Gasteiger partial charge in [-0.25, -0.2) is 13.6 Å². The third-order valence-corrected chi connectivity index (χ3v) is 9.47. The number of nitrogens with zero attached hydrogens (tertiary/aromatic N) is 5. The summed E-state index contributed by atoms with van der Waals surface area (Å²) in [5.74, 6) is -3.18. The van der Waals surface area contributed by atoms with Crippen LogP contribution in [0.2, 0.25) is 0 Å². The Morgan fingerprint density at radius 3 is 2.50 bits per heavy atom. The molecule has 0 aliphatic heterocycles. The van der Waals surface area contributed by atoms with Crippen LogP contribution in [0.25, 0.3) is 11.2 Å². The molecule has 4 aromatic rings. The fourth-order valence-electron chi connectivity index (χ4n) is 7.10. The standard InChI is InChI=1S/C29H29F5N6O2/c1-38-15-36-37-25(38)27(10-20(11-27)42-2)17-4-3-5-19(7-17)39-14-24-23(29(32,33)34)6-16(13-40(24)26(39)41)12-35-18-8-21-22(9-18)28(21,30)31/h3-7,13-15,18,20-22,35H,8-12H2,1-2H3. The van der Waals surface area contributed by atoms with E-state index in [4.69, 9.17) is 4.74 Å². The highest BCUT2D eigenvalue weighted by Gasteiger charge is 2.71. The van der Waals surface area contributed by atoms with E-state index in [2.05, 4.69) is 15.5 Å². The van der Waals surface area contributed by atoms with Crippen LogP contribution < -0.4 is 11.0 Å². The van der Waals surface area contributed by atoms with Crippen LogP contribution in [0.1, 0.15) is 48.2 Å². The molecular weight excluding hydrogens is 559 g/mol. The number of hydrogen-bond acceptors (Lipinski definition) is 5. The molecular formula is C29H29F5N6O2. The highest BCUT2D eigenvalue weighted by Crippen LogP contribution is 2.64. The van der Waals surface area contributed by atoms with Crippen molar-refractivity contribution in [2.24, 2.45) is 18.9 Å². The number of halogens is 5. The van der Waals surface area contributed by atoms with E-state index in [-0.39, 0.29) is 29.8 Å². The molecule has 0 spiro atoms. The monoisotopic (exact) mass is 588 g/mol. The molecule has 222 valence electrons. The van der Waals surface area contributed by atoms with Crippen molar-refractivity contribution in [2.75, 3.05) is 7.11 Å². The van der Waals surface area contributed by atoms with E-state index in [9.17, 15) is 26.7 Å². The third kappa shape index (κ3) is 4.11. The van der Waals surface area contributed by atoms with Crippen molar-refractivity contribution in [2.45, 2.75) is 61.9 Å². The first-order chi connectivity index (χ1) is 19.9. The molecule has 2 unspecified atom stereocenters. The largest absolute Gasteiger partial charge is 0.418 e. The number of imidazole rings is 1. The number of methoxy groups -OCH3 is 1. The summed E-state index contributed by atoms with van der Waals surface area (Å²) >= 11 is 0. The summed E-state index contributed by atoms with van der Waals surface area (Å²) in [6, 6.07) is 8.00. The van der Waals surface area contributed by atoms with Gasteiger partial charge in [-0.05, 0) is 55.0 Å². The summed E-state index contributed by atoms with van der Waals surface area (Å²) in [5, 5.41) is 11.5. The first-order valence-corrected chi connectivity index (χ1v) is 13.9. The third-order valence-electron chi connectivity index (χ3n) is 9.47. The summed E-state index contributed by atoms with van der Waals surface area (Å²) < 4.78 is 79.3. The number of aromatic nitrogens is 5. The quantitative estimate of drug-likeness (QED) is 0.323. The van der Waals surface area contributed by atoms with Gasteiger partial charge in [0, 0.05) is 51.0 Å². The van der Waals surface area contributed by atoms with Crippen LogP contribution in [0.15, 0.2) is 53.8 Å². The molecule has 0 amide bonds. The van der Waals surface area contributed by atoms with Gasteiger partial charge in [-0.1, -0.05) is 12.1 Å². The second-order valence-corrected chi connectivity index (χ2v) is 11.9. The molecule has 1 aromatic carbocycles. The molecule has 0 radical (unpaired) electrons.